The van der Waals surface area contributed by atoms with E-state index in [1.165, 1.54) is 17.3 Å². The normalized spacial score (nSPS) is 18.7. The number of ether oxygens (including phenoxy) is 2. The van der Waals surface area contributed by atoms with Crippen molar-refractivity contribution in [1.82, 2.24) is 5.32 Å². The molecule has 132 valence electrons. The minimum atomic E-state index is -0.164. The van der Waals surface area contributed by atoms with Crippen LogP contribution in [0, 0.1) is 13.8 Å². The standard InChI is InChI=1S/C19H15BrN2O3S/c1-10-3-4-14(11(2)5-10)21-19-22-18(23)17(26-19)7-12-6-15-16(8-13(12)20)25-9-24-15/h3-8H,9H2,1-2H3,(H,21,22,23)/b17-7-. The Hall–Kier alpha value is -2.25. The molecule has 0 bridgehead atoms. The lowest BCUT2D eigenvalue weighted by Gasteiger charge is -2.03. The highest BCUT2D eigenvalue weighted by molar-refractivity contribution is 9.10. The predicted molar refractivity (Wildman–Crippen MR) is 107 cm³/mol. The van der Waals surface area contributed by atoms with Gasteiger partial charge in [-0.05, 0) is 61.0 Å². The number of amidine groups is 1. The number of benzene rings is 2. The first-order valence-corrected chi connectivity index (χ1v) is 9.56. The van der Waals surface area contributed by atoms with Gasteiger partial charge in [-0.2, -0.15) is 0 Å². The lowest BCUT2D eigenvalue weighted by Crippen LogP contribution is -2.19. The average molecular weight is 431 g/mol. The van der Waals surface area contributed by atoms with Crippen LogP contribution in [-0.4, -0.2) is 17.9 Å². The van der Waals surface area contributed by atoms with Gasteiger partial charge in [-0.15, -0.1) is 0 Å². The van der Waals surface area contributed by atoms with E-state index in [4.69, 9.17) is 9.47 Å². The molecular formula is C19H15BrN2O3S. The molecule has 0 unspecified atom stereocenters. The van der Waals surface area contributed by atoms with Crippen molar-refractivity contribution in [2.24, 2.45) is 4.99 Å². The number of amides is 1. The molecule has 2 aromatic carbocycles. The fraction of sp³-hybridized carbons (Fsp3) is 0.158. The summed E-state index contributed by atoms with van der Waals surface area (Å²) in [6, 6.07) is 9.74. The first-order valence-electron chi connectivity index (χ1n) is 7.95. The number of aryl methyl sites for hydroxylation is 2. The second-order valence-electron chi connectivity index (χ2n) is 6.00. The molecule has 26 heavy (non-hydrogen) atoms. The highest BCUT2D eigenvalue weighted by atomic mass is 79.9. The maximum absolute atomic E-state index is 12.3. The maximum atomic E-state index is 12.3. The molecular weight excluding hydrogens is 416 g/mol. The minimum absolute atomic E-state index is 0.164. The van der Waals surface area contributed by atoms with Crippen LogP contribution < -0.4 is 14.8 Å². The van der Waals surface area contributed by atoms with Crippen molar-refractivity contribution in [2.75, 3.05) is 6.79 Å². The molecule has 0 radical (unpaired) electrons. The van der Waals surface area contributed by atoms with Crippen LogP contribution in [0.15, 0.2) is 44.7 Å². The second-order valence-corrected chi connectivity index (χ2v) is 7.88. The fourth-order valence-corrected chi connectivity index (χ4v) is 3.97. The van der Waals surface area contributed by atoms with Crippen LogP contribution in [0.1, 0.15) is 16.7 Å². The van der Waals surface area contributed by atoms with Crippen molar-refractivity contribution in [2.45, 2.75) is 13.8 Å². The molecule has 1 N–H and O–H groups in total. The van der Waals surface area contributed by atoms with Crippen LogP contribution in [0.5, 0.6) is 11.5 Å². The summed E-state index contributed by atoms with van der Waals surface area (Å²) in [5, 5.41) is 3.39. The van der Waals surface area contributed by atoms with Gasteiger partial charge in [-0.3, -0.25) is 4.79 Å². The summed E-state index contributed by atoms with van der Waals surface area (Å²) in [6.07, 6.45) is 1.82. The van der Waals surface area contributed by atoms with Crippen LogP contribution in [-0.2, 0) is 4.79 Å². The van der Waals surface area contributed by atoms with E-state index in [1.54, 1.807) is 0 Å². The number of aliphatic imine (C=N–C) groups is 1. The van der Waals surface area contributed by atoms with Gasteiger partial charge in [0, 0.05) is 4.47 Å². The molecule has 0 atom stereocenters. The molecule has 2 aliphatic rings. The Morgan fingerprint density at radius 1 is 1.19 bits per heavy atom. The van der Waals surface area contributed by atoms with E-state index in [1.807, 2.05) is 44.2 Å². The number of hydrogen-bond acceptors (Lipinski definition) is 5. The van der Waals surface area contributed by atoms with Crippen LogP contribution in [0.4, 0.5) is 5.69 Å². The lowest BCUT2D eigenvalue weighted by atomic mass is 10.1. The molecule has 4 rings (SSSR count). The number of hydrogen-bond donors (Lipinski definition) is 1. The number of rotatable bonds is 2. The molecule has 2 heterocycles. The molecule has 2 aromatic rings. The number of nitrogens with one attached hydrogen (secondary N) is 1. The zero-order valence-electron chi connectivity index (χ0n) is 14.1. The summed E-state index contributed by atoms with van der Waals surface area (Å²) in [6.45, 7) is 4.26. The number of thioether (sulfide) groups is 1. The van der Waals surface area contributed by atoms with E-state index in [2.05, 4.69) is 32.3 Å². The number of fused-ring (bicyclic) bond motifs is 1. The summed E-state index contributed by atoms with van der Waals surface area (Å²) in [4.78, 5) is 17.5. The van der Waals surface area contributed by atoms with E-state index >= 15 is 0 Å². The van der Waals surface area contributed by atoms with E-state index in [0.717, 1.165) is 21.3 Å². The van der Waals surface area contributed by atoms with E-state index in [-0.39, 0.29) is 12.7 Å². The van der Waals surface area contributed by atoms with Gasteiger partial charge >= 0.3 is 0 Å². The SMILES string of the molecule is Cc1ccc(N=C2NC(=O)/C(=C/c3cc4c(cc3Br)OCO4)S2)c(C)c1. The monoisotopic (exact) mass is 430 g/mol. The van der Waals surface area contributed by atoms with Crippen molar-refractivity contribution in [3.8, 4) is 11.5 Å². The van der Waals surface area contributed by atoms with Crippen molar-refractivity contribution >= 4 is 50.5 Å². The highest BCUT2D eigenvalue weighted by Gasteiger charge is 2.25. The molecule has 0 aromatic heterocycles. The quantitative estimate of drug-likeness (QED) is 0.702. The van der Waals surface area contributed by atoms with Gasteiger partial charge in [0.25, 0.3) is 5.91 Å². The topological polar surface area (TPSA) is 59.9 Å². The third-order valence-electron chi connectivity index (χ3n) is 4.00. The van der Waals surface area contributed by atoms with Crippen LogP contribution in [0.25, 0.3) is 6.08 Å². The van der Waals surface area contributed by atoms with Gasteiger partial charge in [0.1, 0.15) is 0 Å². The molecule has 0 spiro atoms. The number of halogens is 1. The molecule has 7 heteroatoms. The average Bonchev–Trinajstić information content (AvgIpc) is 3.17. The zero-order valence-corrected chi connectivity index (χ0v) is 16.5. The highest BCUT2D eigenvalue weighted by Crippen LogP contribution is 2.39. The molecule has 2 aliphatic heterocycles. The fourth-order valence-electron chi connectivity index (χ4n) is 2.71. The van der Waals surface area contributed by atoms with Gasteiger partial charge in [0.05, 0.1) is 10.6 Å². The van der Waals surface area contributed by atoms with Gasteiger partial charge in [-0.1, -0.05) is 33.6 Å². The zero-order chi connectivity index (χ0) is 18.3. The van der Waals surface area contributed by atoms with Gasteiger partial charge < -0.3 is 14.8 Å². The number of carbonyl (C=O) groups is 1. The summed E-state index contributed by atoms with van der Waals surface area (Å²) in [5.74, 6) is 1.20. The van der Waals surface area contributed by atoms with Crippen molar-refractivity contribution < 1.29 is 14.3 Å². The third kappa shape index (κ3) is 3.37. The summed E-state index contributed by atoms with van der Waals surface area (Å²) in [7, 11) is 0. The number of nitrogens with zero attached hydrogens (tertiary/aromatic N) is 1. The first-order chi connectivity index (χ1) is 12.5. The predicted octanol–water partition coefficient (Wildman–Crippen LogP) is 4.69. The third-order valence-corrected chi connectivity index (χ3v) is 5.60. The van der Waals surface area contributed by atoms with Crippen LogP contribution >= 0.6 is 27.7 Å². The van der Waals surface area contributed by atoms with E-state index in [9.17, 15) is 4.79 Å². The summed E-state index contributed by atoms with van der Waals surface area (Å²) < 4.78 is 11.6. The summed E-state index contributed by atoms with van der Waals surface area (Å²) in [5.41, 5.74) is 3.95. The number of carbonyl (C=O) groups excluding carboxylic acids is 1. The minimum Gasteiger partial charge on any atom is -0.454 e. The molecule has 1 saturated heterocycles. The maximum Gasteiger partial charge on any atom is 0.264 e. The molecule has 1 fully saturated rings. The first kappa shape index (κ1) is 17.2. The van der Waals surface area contributed by atoms with Crippen molar-refractivity contribution in [3.05, 3.63) is 56.4 Å². The molecule has 1 amide bonds. The molecule has 0 saturated carbocycles. The molecule has 5 nitrogen and oxygen atoms in total. The Balaban J connectivity index is 1.62. The Bertz CT molecular complexity index is 985. The van der Waals surface area contributed by atoms with Crippen molar-refractivity contribution in [3.63, 3.8) is 0 Å². The van der Waals surface area contributed by atoms with Gasteiger partial charge in [0.15, 0.2) is 16.7 Å². The van der Waals surface area contributed by atoms with Crippen LogP contribution in [0.2, 0.25) is 0 Å². The molecule has 0 aliphatic carbocycles. The lowest BCUT2D eigenvalue weighted by molar-refractivity contribution is -0.115. The Morgan fingerprint density at radius 3 is 2.73 bits per heavy atom. The Kier molecular flexibility index (Phi) is 4.50. The Labute approximate surface area is 163 Å². The van der Waals surface area contributed by atoms with Crippen molar-refractivity contribution in [1.29, 1.82) is 0 Å². The Morgan fingerprint density at radius 2 is 1.96 bits per heavy atom. The van der Waals surface area contributed by atoms with E-state index in [0.29, 0.717) is 21.6 Å². The summed E-state index contributed by atoms with van der Waals surface area (Å²) >= 11 is 4.83. The largest absolute Gasteiger partial charge is 0.454 e. The van der Waals surface area contributed by atoms with E-state index < -0.39 is 0 Å². The van der Waals surface area contributed by atoms with Gasteiger partial charge in [-0.25, -0.2) is 4.99 Å². The van der Waals surface area contributed by atoms with Gasteiger partial charge in [0.2, 0.25) is 6.79 Å². The smallest absolute Gasteiger partial charge is 0.264 e. The van der Waals surface area contributed by atoms with Crippen LogP contribution in [0.3, 0.4) is 0 Å². The second kappa shape index (κ2) is 6.81.